The largest absolute Gasteiger partial charge is 0.496 e. The molecule has 346 valence electrons. The zero-order valence-corrected chi connectivity index (χ0v) is 40.2. The smallest absolute Gasteiger partial charge is 0.170 e. The molecular weight excluding hydrogens is 889 g/mol. The fraction of sp³-hybridized carbons (Fsp3) is 0.0625. The highest BCUT2D eigenvalue weighted by Gasteiger charge is 2.40. The molecule has 0 amide bonds. The molecule has 0 aliphatic rings. The second-order valence-corrected chi connectivity index (χ2v) is 17.1. The average Bonchev–Trinajstić information content (AvgIpc) is 3.46. The van der Waals surface area contributed by atoms with E-state index in [-0.39, 0.29) is 0 Å². The van der Waals surface area contributed by atoms with Gasteiger partial charge in [0.15, 0.2) is 22.1 Å². The van der Waals surface area contributed by atoms with Crippen LogP contribution in [0.2, 0.25) is 0 Å². The maximum atomic E-state index is 5.93. The number of hydrogen-bond acceptors (Lipinski definition) is 8. The summed E-state index contributed by atoms with van der Waals surface area (Å²) in [5.41, 5.74) is 14.3. The lowest BCUT2D eigenvalue weighted by Crippen LogP contribution is -2.15. The number of rotatable bonds is 14. The minimum atomic E-state index is 0.637. The average molecular weight is 937 g/mol. The van der Waals surface area contributed by atoms with Crippen molar-refractivity contribution in [2.45, 2.75) is 0 Å². The highest BCUT2D eigenvalue weighted by Crippen LogP contribution is 2.48. The quantitative estimate of drug-likeness (QED) is 0.0605. The summed E-state index contributed by atoms with van der Waals surface area (Å²) in [6.07, 6.45) is 0. The molecule has 8 heteroatoms. The van der Waals surface area contributed by atoms with Crippen molar-refractivity contribution in [1.82, 2.24) is 19.9 Å². The molecule has 2 heterocycles. The molecule has 0 aliphatic carbocycles. The Morgan fingerprint density at radius 2 is 0.444 bits per heavy atom. The fourth-order valence-corrected chi connectivity index (χ4v) is 9.40. The van der Waals surface area contributed by atoms with Crippen molar-refractivity contribution in [3.8, 4) is 68.0 Å². The Balaban J connectivity index is 1.41. The first kappa shape index (κ1) is 45.1. The maximum absolute atomic E-state index is 5.93. The summed E-state index contributed by atoms with van der Waals surface area (Å²) in [5, 5.41) is 0. The molecule has 72 heavy (non-hydrogen) atoms. The van der Waals surface area contributed by atoms with Crippen LogP contribution in [0.4, 0.5) is 0 Å². The van der Waals surface area contributed by atoms with E-state index in [1.54, 1.807) is 28.4 Å². The van der Waals surface area contributed by atoms with Crippen molar-refractivity contribution in [3.63, 3.8) is 0 Å². The van der Waals surface area contributed by atoms with Gasteiger partial charge < -0.3 is 18.9 Å². The number of nitrogens with zero attached hydrogens (tertiary/aromatic N) is 4. The lowest BCUT2D eigenvalue weighted by molar-refractivity contribution is 0.414. The molecular formula is C64H48N4O4+2. The van der Waals surface area contributed by atoms with E-state index in [0.29, 0.717) is 22.1 Å². The van der Waals surface area contributed by atoms with Gasteiger partial charge in [-0.3, -0.25) is 0 Å². The lowest BCUT2D eigenvalue weighted by atomic mass is 9.78. The van der Waals surface area contributed by atoms with E-state index in [2.05, 4.69) is 97.1 Å². The number of aromatic nitrogens is 4. The summed E-state index contributed by atoms with van der Waals surface area (Å²) in [6.45, 7) is 0. The van der Waals surface area contributed by atoms with Gasteiger partial charge in [0.25, 0.3) is 0 Å². The Morgan fingerprint density at radius 1 is 0.250 bits per heavy atom. The molecule has 8 nitrogen and oxygen atoms in total. The number of benzene rings is 9. The van der Waals surface area contributed by atoms with Crippen LogP contribution in [-0.2, 0) is 0 Å². The van der Waals surface area contributed by atoms with Crippen molar-refractivity contribution in [1.29, 1.82) is 0 Å². The standard InChI is InChI=1S/C64H48N4O4/c1-69-49-33-25-41(26-34-49)53(42-27-35-50(70-2)36-28-42)55-61-63(67-59(47-21-13-7-14-22-47)57(65-61)45-17-9-5-10-18-45)56(54(43-29-37-51(71-3)38-30-43)44-31-39-52(72-4)40-32-44)64-62(55)66-58(46-19-11-6-12-20-46)60(68-64)48-23-15-8-16-24-48/h5-40H,1-4H3/q+2. The van der Waals surface area contributed by atoms with E-state index >= 15 is 0 Å². The zero-order chi connectivity index (χ0) is 49.0. The van der Waals surface area contributed by atoms with Crippen LogP contribution in [0.25, 0.3) is 67.1 Å². The van der Waals surface area contributed by atoms with Crippen LogP contribution < -0.4 is 18.9 Å². The van der Waals surface area contributed by atoms with Crippen molar-refractivity contribution in [2.24, 2.45) is 0 Å². The third-order valence-electron chi connectivity index (χ3n) is 12.9. The van der Waals surface area contributed by atoms with Crippen molar-refractivity contribution < 1.29 is 18.9 Å². The molecule has 11 aromatic rings. The molecule has 9 aromatic carbocycles. The zero-order valence-electron chi connectivity index (χ0n) is 40.2. The van der Waals surface area contributed by atoms with Crippen LogP contribution in [0.5, 0.6) is 23.0 Å². The Kier molecular flexibility index (Phi) is 12.5. The summed E-state index contributed by atoms with van der Waals surface area (Å²) in [5.74, 6) is 4.67. The second kappa shape index (κ2) is 19.9. The molecule has 0 spiro atoms. The van der Waals surface area contributed by atoms with Gasteiger partial charge >= 0.3 is 0 Å². The summed E-state index contributed by atoms with van der Waals surface area (Å²) >= 11 is 0. The van der Waals surface area contributed by atoms with E-state index in [0.717, 1.165) is 113 Å². The first-order valence-electron chi connectivity index (χ1n) is 23.7. The van der Waals surface area contributed by atoms with Gasteiger partial charge in [-0.25, -0.2) is 19.9 Å². The summed E-state index contributed by atoms with van der Waals surface area (Å²) in [6, 6.07) is 73.7. The molecule has 2 aromatic heterocycles. The second-order valence-electron chi connectivity index (χ2n) is 17.1. The molecule has 0 bridgehead atoms. The minimum absolute atomic E-state index is 0.637. The van der Waals surface area contributed by atoms with Crippen LogP contribution in [0, 0.1) is 11.8 Å². The van der Waals surface area contributed by atoms with Gasteiger partial charge in [0.05, 0.1) is 62.5 Å². The van der Waals surface area contributed by atoms with Gasteiger partial charge in [0.1, 0.15) is 56.9 Å². The maximum Gasteiger partial charge on any atom is 0.170 e. The summed E-state index contributed by atoms with van der Waals surface area (Å²) in [4.78, 5) is 23.7. The van der Waals surface area contributed by atoms with Crippen LogP contribution in [-0.4, -0.2) is 48.4 Å². The molecule has 0 saturated heterocycles. The van der Waals surface area contributed by atoms with Crippen LogP contribution in [0.3, 0.4) is 0 Å². The molecule has 0 N–H and O–H groups in total. The molecule has 0 aliphatic heterocycles. The fourth-order valence-electron chi connectivity index (χ4n) is 9.40. The minimum Gasteiger partial charge on any atom is -0.496 e. The van der Waals surface area contributed by atoms with Gasteiger partial charge in [-0.1, -0.05) is 121 Å². The highest BCUT2D eigenvalue weighted by atomic mass is 16.5. The van der Waals surface area contributed by atoms with E-state index in [1.165, 1.54) is 0 Å². The molecule has 0 fully saturated rings. The molecule has 0 atom stereocenters. The Hall–Kier alpha value is -9.40. The lowest BCUT2D eigenvalue weighted by Gasteiger charge is -2.22. The third kappa shape index (κ3) is 8.56. The van der Waals surface area contributed by atoms with Gasteiger partial charge in [0.2, 0.25) is 0 Å². The number of ether oxygens (including phenoxy) is 4. The van der Waals surface area contributed by atoms with Crippen LogP contribution in [0.1, 0.15) is 33.4 Å². The van der Waals surface area contributed by atoms with Crippen molar-refractivity contribution >= 4 is 22.1 Å². The normalized spacial score (nSPS) is 11.1. The van der Waals surface area contributed by atoms with Crippen molar-refractivity contribution in [3.05, 3.63) is 264 Å². The van der Waals surface area contributed by atoms with Crippen molar-refractivity contribution in [2.75, 3.05) is 28.4 Å². The first-order chi connectivity index (χ1) is 35.5. The van der Waals surface area contributed by atoms with E-state index < -0.39 is 0 Å². The van der Waals surface area contributed by atoms with Gasteiger partial charge in [-0.15, -0.1) is 0 Å². The van der Waals surface area contributed by atoms with E-state index in [4.69, 9.17) is 38.9 Å². The first-order valence-corrected chi connectivity index (χ1v) is 23.7. The van der Waals surface area contributed by atoms with Gasteiger partial charge in [-0.2, -0.15) is 0 Å². The molecule has 0 radical (unpaired) electrons. The highest BCUT2D eigenvalue weighted by molar-refractivity contribution is 6.08. The molecule has 0 unspecified atom stereocenters. The Bertz CT molecular complexity index is 3150. The predicted octanol–water partition coefficient (Wildman–Crippen LogP) is 14.3. The number of hydrogen-bond donors (Lipinski definition) is 0. The molecule has 0 saturated carbocycles. The number of methoxy groups -OCH3 is 4. The van der Waals surface area contributed by atoms with Crippen LogP contribution in [0.15, 0.2) is 218 Å². The van der Waals surface area contributed by atoms with Gasteiger partial charge in [0, 0.05) is 70.8 Å². The van der Waals surface area contributed by atoms with E-state index in [9.17, 15) is 0 Å². The van der Waals surface area contributed by atoms with Crippen LogP contribution >= 0.6 is 0 Å². The Morgan fingerprint density at radius 3 is 0.625 bits per heavy atom. The summed E-state index contributed by atoms with van der Waals surface area (Å²) in [7, 11) is 6.72. The predicted molar refractivity (Wildman–Crippen MR) is 287 cm³/mol. The third-order valence-corrected chi connectivity index (χ3v) is 12.9. The summed E-state index contributed by atoms with van der Waals surface area (Å²) < 4.78 is 22.9. The monoisotopic (exact) mass is 936 g/mol. The number of fused-ring (bicyclic) bond motifs is 2. The van der Waals surface area contributed by atoms with Gasteiger partial charge in [-0.05, 0) is 48.5 Å². The molecule has 11 rings (SSSR count). The Labute approximate surface area is 419 Å². The topological polar surface area (TPSA) is 88.5 Å². The van der Waals surface area contributed by atoms with E-state index in [1.807, 2.05) is 121 Å². The SMILES string of the molecule is COc1ccc([C+](c2ccc(OC)cc2)c2c3nc(-c4ccccc4)c(-c4ccccc4)nc3c([C+](c3ccc(OC)cc3)c3ccc(OC)cc3)c3nc(-c4ccccc4)c(-c4ccccc4)nc23)cc1.